The molecule has 0 aromatic rings. The lowest BCUT2D eigenvalue weighted by Gasteiger charge is -2.59. The quantitative estimate of drug-likeness (QED) is 0.367. The van der Waals surface area contributed by atoms with Crippen molar-refractivity contribution in [2.24, 2.45) is 17.8 Å². The molecule has 4 bridgehead atoms. The summed E-state index contributed by atoms with van der Waals surface area (Å²) in [5.74, 6) is -17.1. The number of esters is 2. The molecule has 4 nitrogen and oxygen atoms in total. The van der Waals surface area contributed by atoms with Gasteiger partial charge in [-0.15, -0.1) is 0 Å². The fourth-order valence-electron chi connectivity index (χ4n) is 5.04. The number of halogens is 7. The van der Waals surface area contributed by atoms with Gasteiger partial charge in [0.1, 0.15) is 11.7 Å². The minimum Gasteiger partial charge on any atom is -0.454 e. The highest BCUT2D eigenvalue weighted by atomic mass is 19.4. The van der Waals surface area contributed by atoms with Gasteiger partial charge in [0.15, 0.2) is 0 Å². The van der Waals surface area contributed by atoms with Crippen LogP contribution in [0.4, 0.5) is 30.7 Å². The Hall–Kier alpha value is -1.81. The first-order valence-electron chi connectivity index (χ1n) is 9.03. The summed E-state index contributed by atoms with van der Waals surface area (Å²) in [5.41, 5.74) is -1.88. The van der Waals surface area contributed by atoms with E-state index in [9.17, 15) is 40.3 Å². The highest BCUT2D eigenvalue weighted by Gasteiger charge is 2.78. The molecule has 4 aliphatic carbocycles. The molecule has 0 heterocycles. The Labute approximate surface area is 161 Å². The third-order valence-electron chi connectivity index (χ3n) is 6.04. The van der Waals surface area contributed by atoms with Crippen molar-refractivity contribution < 1.29 is 49.8 Å². The van der Waals surface area contributed by atoms with Gasteiger partial charge in [0, 0.05) is 11.5 Å². The minimum atomic E-state index is -6.65. The molecule has 0 radical (unpaired) electrons. The van der Waals surface area contributed by atoms with E-state index >= 15 is 0 Å². The molecule has 4 rings (SSSR count). The topological polar surface area (TPSA) is 52.6 Å². The zero-order valence-electron chi connectivity index (χ0n) is 15.3. The van der Waals surface area contributed by atoms with Crippen molar-refractivity contribution >= 4 is 11.9 Å². The zero-order valence-corrected chi connectivity index (χ0v) is 15.3. The maximum atomic E-state index is 13.8. The molecule has 3 unspecified atom stereocenters. The first-order valence-corrected chi connectivity index (χ1v) is 9.03. The van der Waals surface area contributed by atoms with Crippen LogP contribution in [-0.2, 0) is 19.1 Å². The Bertz CT molecular complexity index is 716. The molecule has 0 aliphatic heterocycles. The van der Waals surface area contributed by atoms with E-state index in [4.69, 9.17) is 9.47 Å². The highest BCUT2D eigenvalue weighted by molar-refractivity contribution is 5.87. The smallest absolute Gasteiger partial charge is 0.454 e. The third-order valence-corrected chi connectivity index (χ3v) is 6.04. The van der Waals surface area contributed by atoms with Crippen molar-refractivity contribution in [3.8, 4) is 0 Å². The van der Waals surface area contributed by atoms with E-state index in [-0.39, 0.29) is 36.2 Å². The van der Waals surface area contributed by atoms with Gasteiger partial charge < -0.3 is 9.47 Å². The summed E-state index contributed by atoms with van der Waals surface area (Å²) in [6.07, 6.45) is -6.15. The van der Waals surface area contributed by atoms with E-state index in [1.165, 1.54) is 6.92 Å². The molecule has 11 heteroatoms. The summed E-state index contributed by atoms with van der Waals surface area (Å²) in [5, 5.41) is 0. The number of carbonyl (C=O) groups excluding carboxylic acids is 2. The largest absolute Gasteiger partial charge is 0.460 e. The fourth-order valence-corrected chi connectivity index (χ4v) is 5.04. The van der Waals surface area contributed by atoms with Crippen LogP contribution in [0.1, 0.15) is 39.0 Å². The Kier molecular flexibility index (Phi) is 4.98. The molecular weight excluding hydrogens is 413 g/mol. The van der Waals surface area contributed by atoms with Gasteiger partial charge in [-0.3, -0.25) is 0 Å². The second kappa shape index (κ2) is 6.60. The molecule has 0 N–H and O–H groups in total. The lowest BCUT2D eigenvalue weighted by atomic mass is 9.52. The molecule has 0 amide bonds. The minimum absolute atomic E-state index is 0.0192. The van der Waals surface area contributed by atoms with Gasteiger partial charge in [0.25, 0.3) is 0 Å². The number of rotatable bonds is 5. The lowest BCUT2D eigenvalue weighted by molar-refractivity contribution is -0.352. The first kappa shape index (κ1) is 21.9. The van der Waals surface area contributed by atoms with Gasteiger partial charge in [-0.1, -0.05) is 6.58 Å². The summed E-state index contributed by atoms with van der Waals surface area (Å²) >= 11 is 0. The molecule has 29 heavy (non-hydrogen) atoms. The van der Waals surface area contributed by atoms with Gasteiger partial charge >= 0.3 is 30.0 Å². The normalized spacial score (nSPS) is 34.1. The van der Waals surface area contributed by atoms with Crippen molar-refractivity contribution in [3.05, 3.63) is 12.2 Å². The highest BCUT2D eigenvalue weighted by Crippen LogP contribution is 2.59. The molecule has 4 aliphatic rings. The Morgan fingerprint density at radius 3 is 1.93 bits per heavy atom. The second-order valence-corrected chi connectivity index (χ2v) is 8.31. The average molecular weight is 432 g/mol. The van der Waals surface area contributed by atoms with Crippen molar-refractivity contribution in [1.82, 2.24) is 0 Å². The predicted octanol–water partition coefficient (Wildman–Crippen LogP) is 4.43. The predicted molar refractivity (Wildman–Crippen MR) is 83.0 cm³/mol. The lowest BCUT2D eigenvalue weighted by Crippen LogP contribution is -2.66. The van der Waals surface area contributed by atoms with E-state index in [0.29, 0.717) is 19.3 Å². The van der Waals surface area contributed by atoms with E-state index in [2.05, 4.69) is 6.58 Å². The van der Waals surface area contributed by atoms with E-state index in [1.54, 1.807) is 0 Å². The van der Waals surface area contributed by atoms with Crippen molar-refractivity contribution in [1.29, 1.82) is 0 Å². The van der Waals surface area contributed by atoms with Crippen LogP contribution in [0.3, 0.4) is 0 Å². The van der Waals surface area contributed by atoms with Crippen LogP contribution in [0.25, 0.3) is 0 Å². The van der Waals surface area contributed by atoms with Crippen LogP contribution in [-0.4, -0.2) is 41.7 Å². The van der Waals surface area contributed by atoms with Gasteiger partial charge in [-0.2, -0.15) is 30.7 Å². The Morgan fingerprint density at radius 1 is 0.966 bits per heavy atom. The summed E-state index contributed by atoms with van der Waals surface area (Å²) in [4.78, 5) is 23.9. The number of ether oxygens (including phenoxy) is 2. The number of alkyl halides is 7. The van der Waals surface area contributed by atoms with Crippen LogP contribution in [0, 0.1) is 17.8 Å². The van der Waals surface area contributed by atoms with Gasteiger partial charge in [0.2, 0.25) is 0 Å². The van der Waals surface area contributed by atoms with Crippen LogP contribution < -0.4 is 0 Å². The van der Waals surface area contributed by atoms with Crippen molar-refractivity contribution in [3.63, 3.8) is 0 Å². The summed E-state index contributed by atoms with van der Waals surface area (Å²) in [6, 6.07) is 0. The van der Waals surface area contributed by atoms with Crippen LogP contribution >= 0.6 is 0 Å². The SMILES string of the molecule is C=C(C)C(=O)OC1C2CC3CC(C2)CC1(OC(=O)C(F)(F)C(F)(F)C(F)(F)F)C3. The average Bonchev–Trinajstić information content (AvgIpc) is 2.55. The van der Waals surface area contributed by atoms with Crippen molar-refractivity contribution in [2.45, 2.75) is 68.8 Å². The molecule has 0 spiro atoms. The maximum absolute atomic E-state index is 13.8. The zero-order chi connectivity index (χ0) is 22.0. The van der Waals surface area contributed by atoms with Crippen LogP contribution in [0.15, 0.2) is 12.2 Å². The monoisotopic (exact) mass is 432 g/mol. The molecular formula is C18H19F7O4. The standard InChI is InChI=1S/C18H19F7O4/c1-8(2)13(26)28-12-11-4-9-3-10(5-11)7-15(12,6-9)29-14(27)16(19,20)17(21,22)18(23,24)25/h9-12H,1,3-7H2,2H3. The number of carbonyl (C=O) groups is 2. The molecule has 164 valence electrons. The van der Waals surface area contributed by atoms with Crippen molar-refractivity contribution in [2.75, 3.05) is 0 Å². The van der Waals surface area contributed by atoms with E-state index < -0.39 is 41.7 Å². The van der Waals surface area contributed by atoms with E-state index in [1.807, 2.05) is 0 Å². The van der Waals surface area contributed by atoms with Crippen LogP contribution in [0.5, 0.6) is 0 Å². The molecule has 0 saturated heterocycles. The second-order valence-electron chi connectivity index (χ2n) is 8.31. The summed E-state index contributed by atoms with van der Waals surface area (Å²) in [7, 11) is 0. The molecule has 0 aromatic carbocycles. The van der Waals surface area contributed by atoms with E-state index in [0.717, 1.165) is 0 Å². The third kappa shape index (κ3) is 3.39. The first-order chi connectivity index (χ1) is 13.1. The molecule has 4 fully saturated rings. The van der Waals surface area contributed by atoms with Gasteiger partial charge in [-0.05, 0) is 50.9 Å². The Balaban J connectivity index is 1.91. The number of hydrogen-bond acceptors (Lipinski definition) is 4. The summed E-state index contributed by atoms with van der Waals surface area (Å²) < 4.78 is 101. The maximum Gasteiger partial charge on any atom is 0.460 e. The molecule has 0 aromatic heterocycles. The molecule has 4 saturated carbocycles. The van der Waals surface area contributed by atoms with Gasteiger partial charge in [0.05, 0.1) is 0 Å². The number of hydrogen-bond donors (Lipinski definition) is 0. The van der Waals surface area contributed by atoms with Crippen LogP contribution in [0.2, 0.25) is 0 Å². The molecule has 3 atom stereocenters. The summed E-state index contributed by atoms with van der Waals surface area (Å²) in [6.45, 7) is 4.72. The fraction of sp³-hybridized carbons (Fsp3) is 0.778. The van der Waals surface area contributed by atoms with Gasteiger partial charge in [-0.25, -0.2) is 9.59 Å². The Morgan fingerprint density at radius 2 is 1.48 bits per heavy atom.